The van der Waals surface area contributed by atoms with Gasteiger partial charge in [0.25, 0.3) is 0 Å². The first-order chi connectivity index (χ1) is 11.3. The Kier molecular flexibility index (Phi) is 3.87. The maximum Gasteiger partial charge on any atom is 0.244 e. The number of amides is 1. The van der Waals surface area contributed by atoms with Crippen LogP contribution in [0.15, 0.2) is 24.8 Å². The van der Waals surface area contributed by atoms with E-state index in [1.165, 1.54) is 12.8 Å². The van der Waals surface area contributed by atoms with E-state index >= 15 is 0 Å². The summed E-state index contributed by atoms with van der Waals surface area (Å²) in [5, 5.41) is 8.02. The third kappa shape index (κ3) is 3.01. The van der Waals surface area contributed by atoms with Crippen LogP contribution in [0.1, 0.15) is 30.1 Å². The summed E-state index contributed by atoms with van der Waals surface area (Å²) in [5.74, 6) is 0.596. The van der Waals surface area contributed by atoms with Crippen LogP contribution >= 0.6 is 0 Å². The smallest absolute Gasteiger partial charge is 0.244 e. The molecule has 0 saturated carbocycles. The van der Waals surface area contributed by atoms with E-state index in [0.717, 1.165) is 37.6 Å². The van der Waals surface area contributed by atoms with Gasteiger partial charge in [-0.05, 0) is 25.5 Å². The molecule has 2 aromatic heterocycles. The van der Waals surface area contributed by atoms with Gasteiger partial charge in [0.2, 0.25) is 5.91 Å². The number of carbonyl (C=O) groups is 1. The molecule has 7 nitrogen and oxygen atoms in total. The van der Waals surface area contributed by atoms with Gasteiger partial charge in [0.15, 0.2) is 0 Å². The number of carbonyl (C=O) groups excluding carboxylic acids is 1. The first-order valence-corrected chi connectivity index (χ1v) is 8.30. The molecule has 0 aliphatic carbocycles. The molecule has 4 heterocycles. The molecule has 0 spiro atoms. The lowest BCUT2D eigenvalue weighted by atomic mass is 9.97. The average molecular weight is 314 g/mol. The van der Waals surface area contributed by atoms with Crippen LogP contribution in [0.5, 0.6) is 0 Å². The lowest BCUT2D eigenvalue weighted by molar-refractivity contribution is -0.133. The lowest BCUT2D eigenvalue weighted by Gasteiger charge is -2.28. The quantitative estimate of drug-likeness (QED) is 0.900. The summed E-state index contributed by atoms with van der Waals surface area (Å²) in [6, 6.07) is 2.05. The van der Waals surface area contributed by atoms with Crippen molar-refractivity contribution in [2.75, 3.05) is 19.6 Å². The summed E-state index contributed by atoms with van der Waals surface area (Å²) >= 11 is 0. The van der Waals surface area contributed by atoms with Crippen LogP contribution in [0, 0.1) is 0 Å². The van der Waals surface area contributed by atoms with Gasteiger partial charge in [-0.25, -0.2) is 4.98 Å². The van der Waals surface area contributed by atoms with Crippen molar-refractivity contribution in [3.63, 3.8) is 0 Å². The number of hydrogen-bond acceptors (Lipinski definition) is 4. The topological polar surface area (TPSA) is 68.0 Å². The van der Waals surface area contributed by atoms with E-state index in [1.807, 2.05) is 23.6 Å². The molecule has 1 atom stereocenters. The van der Waals surface area contributed by atoms with Gasteiger partial charge >= 0.3 is 0 Å². The minimum absolute atomic E-state index is 0.119. The molecule has 0 radical (unpaired) electrons. The maximum absolute atomic E-state index is 12.5. The standard InChI is InChI=1S/C16H22N6O/c23-16(20-6-7-21-12-18-9-14(21)10-20)11-22-5-3-15(19-22)13-2-1-4-17-8-13/h3,5,9,12-13,17H,1-2,4,6-8,10-11H2/t13-/m1/s1. The normalized spacial score (nSPS) is 21.2. The summed E-state index contributed by atoms with van der Waals surface area (Å²) in [5.41, 5.74) is 2.20. The van der Waals surface area contributed by atoms with Crippen LogP contribution in [-0.2, 0) is 24.4 Å². The number of rotatable bonds is 3. The van der Waals surface area contributed by atoms with E-state index in [1.54, 1.807) is 4.68 Å². The number of fused-ring (bicyclic) bond motifs is 1. The molecule has 2 aromatic rings. The Morgan fingerprint density at radius 1 is 1.39 bits per heavy atom. The molecule has 0 aromatic carbocycles. The van der Waals surface area contributed by atoms with Crippen molar-refractivity contribution in [3.8, 4) is 0 Å². The zero-order valence-electron chi connectivity index (χ0n) is 13.2. The molecule has 1 N–H and O–H groups in total. The summed E-state index contributed by atoms with van der Waals surface area (Å²) in [6.07, 6.45) is 7.96. The van der Waals surface area contributed by atoms with E-state index in [2.05, 4.69) is 26.0 Å². The maximum atomic E-state index is 12.5. The van der Waals surface area contributed by atoms with Crippen molar-refractivity contribution in [2.45, 2.75) is 38.4 Å². The van der Waals surface area contributed by atoms with Crippen molar-refractivity contribution in [3.05, 3.63) is 36.2 Å². The van der Waals surface area contributed by atoms with Crippen LogP contribution in [-0.4, -0.2) is 49.8 Å². The van der Waals surface area contributed by atoms with Crippen LogP contribution < -0.4 is 5.32 Å². The second kappa shape index (κ2) is 6.16. The molecule has 4 rings (SSSR count). The number of piperidine rings is 1. The largest absolute Gasteiger partial charge is 0.333 e. The highest BCUT2D eigenvalue weighted by atomic mass is 16.2. The molecule has 2 aliphatic heterocycles. The van der Waals surface area contributed by atoms with E-state index in [0.29, 0.717) is 19.0 Å². The number of nitrogens with zero attached hydrogens (tertiary/aromatic N) is 5. The van der Waals surface area contributed by atoms with E-state index in [4.69, 9.17) is 0 Å². The molecule has 1 amide bonds. The molecule has 7 heteroatoms. The average Bonchev–Trinajstić information content (AvgIpc) is 3.24. The fourth-order valence-corrected chi connectivity index (χ4v) is 3.42. The van der Waals surface area contributed by atoms with Gasteiger partial charge in [-0.15, -0.1) is 0 Å². The Morgan fingerprint density at radius 2 is 2.35 bits per heavy atom. The zero-order valence-corrected chi connectivity index (χ0v) is 13.2. The van der Waals surface area contributed by atoms with E-state index in [-0.39, 0.29) is 5.91 Å². The predicted octanol–water partition coefficient (Wildman–Crippen LogP) is 0.589. The van der Waals surface area contributed by atoms with Gasteiger partial charge in [0, 0.05) is 37.9 Å². The molecule has 0 bridgehead atoms. The van der Waals surface area contributed by atoms with Crippen molar-refractivity contribution >= 4 is 5.91 Å². The number of aromatic nitrogens is 4. The van der Waals surface area contributed by atoms with Crippen LogP contribution in [0.4, 0.5) is 0 Å². The highest BCUT2D eigenvalue weighted by Gasteiger charge is 2.22. The van der Waals surface area contributed by atoms with E-state index < -0.39 is 0 Å². The summed E-state index contributed by atoms with van der Waals surface area (Å²) in [7, 11) is 0. The highest BCUT2D eigenvalue weighted by molar-refractivity contribution is 5.76. The third-order valence-corrected chi connectivity index (χ3v) is 4.79. The number of imidazole rings is 1. The molecular formula is C16H22N6O. The fraction of sp³-hybridized carbons (Fsp3) is 0.562. The Bertz CT molecular complexity index is 684. The van der Waals surface area contributed by atoms with Crippen LogP contribution in [0.3, 0.4) is 0 Å². The predicted molar refractivity (Wildman–Crippen MR) is 84.7 cm³/mol. The number of hydrogen-bond donors (Lipinski definition) is 1. The lowest BCUT2D eigenvalue weighted by Crippen LogP contribution is -2.39. The molecule has 0 unspecified atom stereocenters. The van der Waals surface area contributed by atoms with Gasteiger partial charge in [-0.2, -0.15) is 5.10 Å². The molecule has 1 saturated heterocycles. The van der Waals surface area contributed by atoms with Gasteiger partial charge in [0.05, 0.1) is 24.3 Å². The van der Waals surface area contributed by atoms with Crippen molar-refractivity contribution < 1.29 is 4.79 Å². The Hall–Kier alpha value is -2.15. The Balaban J connectivity index is 1.38. The second-order valence-corrected chi connectivity index (χ2v) is 6.38. The fourth-order valence-electron chi connectivity index (χ4n) is 3.42. The highest BCUT2D eigenvalue weighted by Crippen LogP contribution is 2.21. The Morgan fingerprint density at radius 3 is 3.22 bits per heavy atom. The molecule has 2 aliphatic rings. The van der Waals surface area contributed by atoms with Crippen molar-refractivity contribution in [1.29, 1.82) is 0 Å². The van der Waals surface area contributed by atoms with E-state index in [9.17, 15) is 4.79 Å². The zero-order chi connectivity index (χ0) is 15.6. The van der Waals surface area contributed by atoms with Gasteiger partial charge in [-0.1, -0.05) is 0 Å². The SMILES string of the molecule is O=C(Cn1ccc([C@@H]2CCCNC2)n1)N1CCn2cncc2C1. The number of nitrogens with one attached hydrogen (secondary N) is 1. The van der Waals surface area contributed by atoms with Crippen molar-refractivity contribution in [2.24, 2.45) is 0 Å². The molecule has 122 valence electrons. The van der Waals surface area contributed by atoms with Gasteiger partial charge < -0.3 is 14.8 Å². The third-order valence-electron chi connectivity index (χ3n) is 4.79. The second-order valence-electron chi connectivity index (χ2n) is 6.38. The summed E-state index contributed by atoms with van der Waals surface area (Å²) < 4.78 is 3.88. The minimum Gasteiger partial charge on any atom is -0.333 e. The minimum atomic E-state index is 0.119. The van der Waals surface area contributed by atoms with Crippen LogP contribution in [0.25, 0.3) is 0 Å². The molecular weight excluding hydrogens is 292 g/mol. The molecule has 23 heavy (non-hydrogen) atoms. The van der Waals surface area contributed by atoms with Gasteiger partial charge in [0.1, 0.15) is 6.54 Å². The first-order valence-electron chi connectivity index (χ1n) is 8.30. The van der Waals surface area contributed by atoms with Gasteiger partial charge in [-0.3, -0.25) is 9.48 Å². The summed E-state index contributed by atoms with van der Waals surface area (Å²) in [6.45, 7) is 4.60. The van der Waals surface area contributed by atoms with Crippen LogP contribution in [0.2, 0.25) is 0 Å². The summed E-state index contributed by atoms with van der Waals surface area (Å²) in [4.78, 5) is 18.5. The Labute approximate surface area is 135 Å². The monoisotopic (exact) mass is 314 g/mol. The first kappa shape index (κ1) is 14.4. The molecule has 1 fully saturated rings. The van der Waals surface area contributed by atoms with Crippen molar-refractivity contribution in [1.82, 2.24) is 29.5 Å².